The van der Waals surface area contributed by atoms with E-state index in [9.17, 15) is 4.79 Å². The molecule has 3 aromatic rings. The van der Waals surface area contributed by atoms with Gasteiger partial charge in [-0.25, -0.2) is 4.98 Å². The molecule has 0 atom stereocenters. The number of amides is 1. The number of carbonyl (C=O) groups is 1. The molecule has 0 fully saturated rings. The summed E-state index contributed by atoms with van der Waals surface area (Å²) in [7, 11) is 0. The maximum absolute atomic E-state index is 13.1. The number of carbonyl (C=O) groups excluding carboxylic acids is 1. The van der Waals surface area contributed by atoms with Crippen LogP contribution in [-0.2, 0) is 6.54 Å². The van der Waals surface area contributed by atoms with Crippen molar-refractivity contribution in [3.05, 3.63) is 78.2 Å². The van der Waals surface area contributed by atoms with Gasteiger partial charge in [0.2, 0.25) is 0 Å². The van der Waals surface area contributed by atoms with Crippen LogP contribution in [0.3, 0.4) is 0 Å². The highest BCUT2D eigenvalue weighted by Gasteiger charge is 2.27. The van der Waals surface area contributed by atoms with E-state index in [-0.39, 0.29) is 5.91 Å². The van der Waals surface area contributed by atoms with Crippen LogP contribution in [0.25, 0.3) is 0 Å². The molecule has 0 unspecified atom stereocenters. The molecule has 0 aliphatic carbocycles. The highest BCUT2D eigenvalue weighted by molar-refractivity contribution is 6.12. The number of nitrogens with zero attached hydrogens (tertiary/aromatic N) is 3. The predicted molar refractivity (Wildman–Crippen MR) is 88.7 cm³/mol. The maximum Gasteiger partial charge on any atom is 0.264 e. The van der Waals surface area contributed by atoms with E-state index < -0.39 is 0 Å². The average Bonchev–Trinajstić information content (AvgIpc) is 2.79. The third kappa shape index (κ3) is 2.32. The Morgan fingerprint density at radius 3 is 2.70 bits per heavy atom. The summed E-state index contributed by atoms with van der Waals surface area (Å²) in [6.45, 7) is 0.648. The van der Waals surface area contributed by atoms with Crippen LogP contribution in [-0.4, -0.2) is 15.9 Å². The Kier molecular flexibility index (Phi) is 3.24. The predicted octanol–water partition coefficient (Wildman–Crippen LogP) is 3.38. The normalized spacial score (nSPS) is 12.6. The van der Waals surface area contributed by atoms with E-state index in [1.807, 2.05) is 36.4 Å². The van der Waals surface area contributed by atoms with Crippen LogP contribution in [0.15, 0.2) is 67.1 Å². The van der Waals surface area contributed by atoms with Crippen molar-refractivity contribution >= 4 is 23.1 Å². The number of hydrogen-bond acceptors (Lipinski definition) is 4. The molecule has 2 aromatic heterocycles. The topological polar surface area (TPSA) is 58.1 Å². The van der Waals surface area contributed by atoms with Crippen LogP contribution in [0.4, 0.5) is 17.2 Å². The highest BCUT2D eigenvalue weighted by atomic mass is 16.2. The molecule has 0 bridgehead atoms. The van der Waals surface area contributed by atoms with Crippen LogP contribution < -0.4 is 10.2 Å². The van der Waals surface area contributed by atoms with Crippen molar-refractivity contribution in [3.63, 3.8) is 0 Å². The molecule has 0 saturated carbocycles. The fourth-order valence-corrected chi connectivity index (χ4v) is 2.73. The molecule has 1 N–H and O–H groups in total. The Morgan fingerprint density at radius 1 is 1.00 bits per heavy atom. The molecule has 3 heterocycles. The van der Waals surface area contributed by atoms with Crippen molar-refractivity contribution in [1.29, 1.82) is 0 Å². The molecule has 1 aliphatic heterocycles. The van der Waals surface area contributed by atoms with E-state index in [0.29, 0.717) is 17.9 Å². The number of hydrogen-bond donors (Lipinski definition) is 1. The monoisotopic (exact) mass is 302 g/mol. The molecule has 4 rings (SSSR count). The average molecular weight is 302 g/mol. The Morgan fingerprint density at radius 2 is 1.83 bits per heavy atom. The van der Waals surface area contributed by atoms with Gasteiger partial charge in [-0.15, -0.1) is 0 Å². The zero-order valence-electron chi connectivity index (χ0n) is 12.3. The smallest absolute Gasteiger partial charge is 0.264 e. The number of benzene rings is 1. The standard InChI is InChI=1S/C18H14N4O/c23-18(13-7-10-19-11-8-13)22-16-6-2-1-4-14(16)12-21-15-5-3-9-20-17(15)22/h1-11,21H,12H2. The van der Waals surface area contributed by atoms with Crippen LogP contribution in [0.1, 0.15) is 15.9 Å². The highest BCUT2D eigenvalue weighted by Crippen LogP contribution is 2.36. The number of nitrogens with one attached hydrogen (secondary N) is 1. The van der Waals surface area contributed by atoms with Crippen LogP contribution in [0.5, 0.6) is 0 Å². The molecule has 0 saturated heterocycles. The fourth-order valence-electron chi connectivity index (χ4n) is 2.73. The van der Waals surface area contributed by atoms with Gasteiger partial charge in [0.15, 0.2) is 5.82 Å². The summed E-state index contributed by atoms with van der Waals surface area (Å²) in [5, 5.41) is 3.35. The molecule has 1 amide bonds. The number of para-hydroxylation sites is 1. The molecule has 0 radical (unpaired) electrons. The van der Waals surface area contributed by atoms with Crippen LogP contribution in [0.2, 0.25) is 0 Å². The first-order chi connectivity index (χ1) is 11.3. The molecule has 5 nitrogen and oxygen atoms in total. The molecule has 5 heteroatoms. The number of fused-ring (bicyclic) bond motifs is 2. The first-order valence-corrected chi connectivity index (χ1v) is 7.36. The van der Waals surface area contributed by atoms with Crippen LogP contribution in [0, 0.1) is 0 Å². The van der Waals surface area contributed by atoms with Gasteiger partial charge in [0, 0.05) is 30.7 Å². The summed E-state index contributed by atoms with van der Waals surface area (Å²) in [5.74, 6) is 0.489. The second kappa shape index (κ2) is 5.53. The molecule has 112 valence electrons. The molecule has 0 spiro atoms. The van der Waals surface area contributed by atoms with Gasteiger partial charge < -0.3 is 5.32 Å². The van der Waals surface area contributed by atoms with E-state index in [1.165, 1.54) is 0 Å². The van der Waals surface area contributed by atoms with Crippen molar-refractivity contribution in [2.45, 2.75) is 6.54 Å². The summed E-state index contributed by atoms with van der Waals surface area (Å²) in [6.07, 6.45) is 4.93. The lowest BCUT2D eigenvalue weighted by molar-refractivity contribution is 0.0998. The molecular weight excluding hydrogens is 288 g/mol. The minimum Gasteiger partial charge on any atom is -0.378 e. The molecule has 23 heavy (non-hydrogen) atoms. The number of pyridine rings is 2. The van der Waals surface area contributed by atoms with Gasteiger partial charge in [0.1, 0.15) is 0 Å². The van der Waals surface area contributed by atoms with Crippen molar-refractivity contribution < 1.29 is 4.79 Å². The lowest BCUT2D eigenvalue weighted by Gasteiger charge is -2.23. The van der Waals surface area contributed by atoms with Gasteiger partial charge >= 0.3 is 0 Å². The van der Waals surface area contributed by atoms with Gasteiger partial charge in [-0.05, 0) is 35.9 Å². The minimum absolute atomic E-state index is 0.122. The SMILES string of the molecule is O=C(c1ccncc1)N1c2ccccc2CNc2cccnc21. The van der Waals surface area contributed by atoms with Gasteiger partial charge in [-0.2, -0.15) is 0 Å². The summed E-state index contributed by atoms with van der Waals surface area (Å²) in [6, 6.07) is 15.1. The fraction of sp³-hybridized carbons (Fsp3) is 0.0556. The van der Waals surface area contributed by atoms with E-state index >= 15 is 0 Å². The molecule has 1 aromatic carbocycles. The van der Waals surface area contributed by atoms with Crippen molar-refractivity contribution in [2.24, 2.45) is 0 Å². The van der Waals surface area contributed by atoms with Gasteiger partial charge in [-0.3, -0.25) is 14.7 Å². The molecular formula is C18H14N4O. The van der Waals surface area contributed by atoms with Crippen molar-refractivity contribution in [1.82, 2.24) is 9.97 Å². The summed E-state index contributed by atoms with van der Waals surface area (Å²) in [4.78, 5) is 23.2. The number of anilines is 3. The summed E-state index contributed by atoms with van der Waals surface area (Å²) in [5.41, 5.74) is 3.31. The van der Waals surface area contributed by atoms with Crippen molar-refractivity contribution in [3.8, 4) is 0 Å². The zero-order chi connectivity index (χ0) is 15.6. The van der Waals surface area contributed by atoms with Gasteiger partial charge in [-0.1, -0.05) is 18.2 Å². The number of aromatic nitrogens is 2. The molecule has 1 aliphatic rings. The van der Waals surface area contributed by atoms with E-state index in [0.717, 1.165) is 16.9 Å². The Labute approximate surface area is 133 Å². The quantitative estimate of drug-likeness (QED) is 0.748. The number of rotatable bonds is 1. The van der Waals surface area contributed by atoms with E-state index in [1.54, 1.807) is 35.6 Å². The van der Waals surface area contributed by atoms with E-state index in [2.05, 4.69) is 15.3 Å². The van der Waals surface area contributed by atoms with Gasteiger partial charge in [0.25, 0.3) is 5.91 Å². The lowest BCUT2D eigenvalue weighted by atomic mass is 10.1. The van der Waals surface area contributed by atoms with Crippen LogP contribution >= 0.6 is 0 Å². The first kappa shape index (κ1) is 13.5. The van der Waals surface area contributed by atoms with E-state index in [4.69, 9.17) is 0 Å². The Balaban J connectivity index is 1.92. The second-order valence-electron chi connectivity index (χ2n) is 5.23. The summed E-state index contributed by atoms with van der Waals surface area (Å²) >= 11 is 0. The lowest BCUT2D eigenvalue weighted by Crippen LogP contribution is -2.27. The van der Waals surface area contributed by atoms with Crippen molar-refractivity contribution in [2.75, 3.05) is 10.2 Å². The third-order valence-corrected chi connectivity index (χ3v) is 3.83. The Bertz CT molecular complexity index is 816. The minimum atomic E-state index is -0.122. The van der Waals surface area contributed by atoms with Gasteiger partial charge in [0.05, 0.1) is 11.4 Å². The summed E-state index contributed by atoms with van der Waals surface area (Å²) < 4.78 is 0. The largest absolute Gasteiger partial charge is 0.378 e. The third-order valence-electron chi connectivity index (χ3n) is 3.83. The Hall–Kier alpha value is -3.21. The first-order valence-electron chi connectivity index (χ1n) is 7.36. The second-order valence-corrected chi connectivity index (χ2v) is 5.23. The zero-order valence-corrected chi connectivity index (χ0v) is 12.3. The maximum atomic E-state index is 13.1.